The van der Waals surface area contributed by atoms with E-state index in [-0.39, 0.29) is 0 Å². The molecular formula is C14H16O6. The fourth-order valence-electron chi connectivity index (χ4n) is 1.99. The van der Waals surface area contributed by atoms with Gasteiger partial charge in [-0.25, -0.2) is 14.4 Å². The van der Waals surface area contributed by atoms with Crippen molar-refractivity contribution in [2.24, 2.45) is 0 Å². The van der Waals surface area contributed by atoms with Crippen molar-refractivity contribution >= 4 is 17.9 Å². The number of carboxylic acids is 3. The fourth-order valence-corrected chi connectivity index (χ4v) is 1.99. The zero-order chi connectivity index (χ0) is 15.3. The maximum atomic E-state index is 11.1. The molecule has 0 spiro atoms. The third-order valence-corrected chi connectivity index (χ3v) is 2.94. The summed E-state index contributed by atoms with van der Waals surface area (Å²) in [6.45, 7) is 2.01. The lowest BCUT2D eigenvalue weighted by atomic mass is 9.95. The molecule has 0 fully saturated rings. The van der Waals surface area contributed by atoms with Crippen molar-refractivity contribution in [1.29, 1.82) is 0 Å². The number of aromatic carboxylic acids is 3. The minimum Gasteiger partial charge on any atom is -0.478 e. The summed E-state index contributed by atoms with van der Waals surface area (Å²) in [4.78, 5) is 33.4. The van der Waals surface area contributed by atoms with Crippen LogP contribution in [0.4, 0.5) is 0 Å². The molecule has 0 aromatic heterocycles. The van der Waals surface area contributed by atoms with Gasteiger partial charge >= 0.3 is 17.9 Å². The second kappa shape index (κ2) is 6.70. The molecule has 0 heterocycles. The Morgan fingerprint density at radius 1 is 0.900 bits per heavy atom. The third-order valence-electron chi connectivity index (χ3n) is 2.94. The molecule has 6 heteroatoms. The van der Waals surface area contributed by atoms with Crippen LogP contribution in [0.1, 0.15) is 62.8 Å². The number of benzene rings is 1. The van der Waals surface area contributed by atoms with Gasteiger partial charge in [-0.05, 0) is 30.5 Å². The molecule has 3 N–H and O–H groups in total. The van der Waals surface area contributed by atoms with Crippen LogP contribution < -0.4 is 0 Å². The first kappa shape index (κ1) is 15.7. The van der Waals surface area contributed by atoms with Gasteiger partial charge in [0.2, 0.25) is 0 Å². The van der Waals surface area contributed by atoms with Crippen LogP contribution in [0.5, 0.6) is 0 Å². The van der Waals surface area contributed by atoms with Gasteiger partial charge in [-0.1, -0.05) is 19.8 Å². The SMILES string of the molecule is CCCCCc1cc(C(=O)O)c(C(=O)O)c(C(=O)O)c1. The highest BCUT2D eigenvalue weighted by molar-refractivity contribution is 6.09. The molecule has 0 saturated heterocycles. The summed E-state index contributed by atoms with van der Waals surface area (Å²) in [6, 6.07) is 2.49. The third kappa shape index (κ3) is 3.57. The second-order valence-corrected chi connectivity index (χ2v) is 4.44. The summed E-state index contributed by atoms with van der Waals surface area (Å²) in [5.41, 5.74) is -1.12. The zero-order valence-corrected chi connectivity index (χ0v) is 11.0. The van der Waals surface area contributed by atoms with Gasteiger partial charge in [-0.3, -0.25) is 0 Å². The van der Waals surface area contributed by atoms with E-state index in [1.54, 1.807) is 0 Å². The first-order valence-electron chi connectivity index (χ1n) is 6.25. The topological polar surface area (TPSA) is 112 Å². The van der Waals surface area contributed by atoms with Crippen molar-refractivity contribution in [3.05, 3.63) is 34.4 Å². The van der Waals surface area contributed by atoms with E-state index < -0.39 is 34.6 Å². The molecule has 20 heavy (non-hydrogen) atoms. The summed E-state index contributed by atoms with van der Waals surface area (Å²) in [5, 5.41) is 27.1. The summed E-state index contributed by atoms with van der Waals surface area (Å²) in [6.07, 6.45) is 3.23. The lowest BCUT2D eigenvalue weighted by Crippen LogP contribution is -2.15. The summed E-state index contributed by atoms with van der Waals surface area (Å²) >= 11 is 0. The molecule has 108 valence electrons. The zero-order valence-electron chi connectivity index (χ0n) is 11.0. The van der Waals surface area contributed by atoms with E-state index in [0.29, 0.717) is 12.0 Å². The Balaban J connectivity index is 3.35. The Morgan fingerprint density at radius 3 is 1.75 bits per heavy atom. The Hall–Kier alpha value is -2.37. The van der Waals surface area contributed by atoms with Gasteiger partial charge in [0.05, 0.1) is 16.7 Å². The molecule has 1 aromatic rings. The van der Waals surface area contributed by atoms with Crippen molar-refractivity contribution in [2.45, 2.75) is 32.6 Å². The molecule has 0 saturated carbocycles. The Labute approximate surface area is 115 Å². The van der Waals surface area contributed by atoms with Crippen molar-refractivity contribution in [1.82, 2.24) is 0 Å². The molecule has 0 amide bonds. The number of hydrogen-bond acceptors (Lipinski definition) is 3. The van der Waals surface area contributed by atoms with Crippen LogP contribution in [0.15, 0.2) is 12.1 Å². The van der Waals surface area contributed by atoms with E-state index in [0.717, 1.165) is 19.3 Å². The second-order valence-electron chi connectivity index (χ2n) is 4.44. The predicted molar refractivity (Wildman–Crippen MR) is 70.5 cm³/mol. The highest BCUT2D eigenvalue weighted by Gasteiger charge is 2.24. The number of carbonyl (C=O) groups is 3. The van der Waals surface area contributed by atoms with E-state index >= 15 is 0 Å². The molecule has 0 unspecified atom stereocenters. The minimum atomic E-state index is -1.56. The monoisotopic (exact) mass is 280 g/mol. The van der Waals surface area contributed by atoms with Crippen molar-refractivity contribution < 1.29 is 29.7 Å². The molecule has 6 nitrogen and oxygen atoms in total. The van der Waals surface area contributed by atoms with E-state index in [9.17, 15) is 14.4 Å². The molecule has 0 aliphatic heterocycles. The molecule has 0 aliphatic carbocycles. The van der Waals surface area contributed by atoms with Crippen LogP contribution in [0, 0.1) is 0 Å². The number of rotatable bonds is 7. The average Bonchev–Trinajstić information content (AvgIpc) is 2.37. The van der Waals surface area contributed by atoms with Crippen LogP contribution >= 0.6 is 0 Å². The maximum Gasteiger partial charge on any atom is 0.337 e. The van der Waals surface area contributed by atoms with Crippen LogP contribution in [0.25, 0.3) is 0 Å². The van der Waals surface area contributed by atoms with Crippen molar-refractivity contribution in [3.8, 4) is 0 Å². The molecule has 1 rings (SSSR count). The summed E-state index contributed by atoms with van der Waals surface area (Å²) in [7, 11) is 0. The van der Waals surface area contributed by atoms with Gasteiger partial charge in [-0.15, -0.1) is 0 Å². The van der Waals surface area contributed by atoms with Crippen LogP contribution in [-0.4, -0.2) is 33.2 Å². The van der Waals surface area contributed by atoms with E-state index in [1.807, 2.05) is 6.92 Å². The number of hydrogen-bond donors (Lipinski definition) is 3. The quantitative estimate of drug-likeness (QED) is 0.661. The van der Waals surface area contributed by atoms with Gasteiger partial charge in [-0.2, -0.15) is 0 Å². The highest BCUT2D eigenvalue weighted by atomic mass is 16.4. The molecule has 0 radical (unpaired) electrons. The Morgan fingerprint density at radius 2 is 1.40 bits per heavy atom. The van der Waals surface area contributed by atoms with E-state index in [1.165, 1.54) is 12.1 Å². The van der Waals surface area contributed by atoms with Crippen LogP contribution in [0.3, 0.4) is 0 Å². The normalized spacial score (nSPS) is 10.2. The fraction of sp³-hybridized carbons (Fsp3) is 0.357. The number of carboxylic acid groups (broad SMARTS) is 3. The Bertz CT molecular complexity index is 512. The molecule has 0 bridgehead atoms. The average molecular weight is 280 g/mol. The van der Waals surface area contributed by atoms with Gasteiger partial charge < -0.3 is 15.3 Å². The van der Waals surface area contributed by atoms with Gasteiger partial charge in [0, 0.05) is 0 Å². The Kier molecular flexibility index (Phi) is 5.25. The standard InChI is InChI=1S/C14H16O6/c1-2-3-4-5-8-6-9(12(15)16)11(14(19)20)10(7-8)13(17)18/h6-7H,2-5H2,1H3,(H,15,16)(H,17,18)(H,19,20). The van der Waals surface area contributed by atoms with E-state index in [4.69, 9.17) is 15.3 Å². The van der Waals surface area contributed by atoms with Crippen LogP contribution in [0.2, 0.25) is 0 Å². The highest BCUT2D eigenvalue weighted by Crippen LogP contribution is 2.20. The predicted octanol–water partition coefficient (Wildman–Crippen LogP) is 2.51. The van der Waals surface area contributed by atoms with Crippen LogP contribution in [-0.2, 0) is 6.42 Å². The number of aryl methyl sites for hydroxylation is 1. The molecule has 0 atom stereocenters. The van der Waals surface area contributed by atoms with Crippen molar-refractivity contribution in [3.63, 3.8) is 0 Å². The van der Waals surface area contributed by atoms with Gasteiger partial charge in [0.1, 0.15) is 0 Å². The van der Waals surface area contributed by atoms with Gasteiger partial charge in [0.15, 0.2) is 0 Å². The minimum absolute atomic E-state index is 0.483. The summed E-state index contributed by atoms with van der Waals surface area (Å²) < 4.78 is 0. The first-order valence-corrected chi connectivity index (χ1v) is 6.25. The summed E-state index contributed by atoms with van der Waals surface area (Å²) in [5.74, 6) is -4.44. The first-order chi connectivity index (χ1) is 9.38. The molecular weight excluding hydrogens is 264 g/mol. The smallest absolute Gasteiger partial charge is 0.337 e. The maximum absolute atomic E-state index is 11.1. The lowest BCUT2D eigenvalue weighted by molar-refractivity contribution is 0.0633. The molecule has 0 aliphatic rings. The van der Waals surface area contributed by atoms with Crippen molar-refractivity contribution in [2.75, 3.05) is 0 Å². The largest absolute Gasteiger partial charge is 0.478 e. The molecule has 1 aromatic carbocycles. The van der Waals surface area contributed by atoms with Gasteiger partial charge in [0.25, 0.3) is 0 Å². The number of unbranched alkanes of at least 4 members (excludes halogenated alkanes) is 2. The van der Waals surface area contributed by atoms with E-state index in [2.05, 4.69) is 0 Å². The lowest BCUT2D eigenvalue weighted by Gasteiger charge is -2.09.